The van der Waals surface area contributed by atoms with Gasteiger partial charge in [0.25, 0.3) is 0 Å². The fraction of sp³-hybridized carbons (Fsp3) is 0.304. The van der Waals surface area contributed by atoms with Gasteiger partial charge in [-0.3, -0.25) is 9.59 Å². The summed E-state index contributed by atoms with van der Waals surface area (Å²) in [5.74, 6) is 0.790. The van der Waals surface area contributed by atoms with E-state index in [1.165, 1.54) is 0 Å². The second-order valence-electron chi connectivity index (χ2n) is 6.86. The second-order valence-corrected chi connectivity index (χ2v) is 6.86. The maximum Gasteiger partial charge on any atom is 0.242 e. The quantitative estimate of drug-likeness (QED) is 0.635. The van der Waals surface area contributed by atoms with Crippen molar-refractivity contribution in [3.8, 4) is 5.75 Å². The Kier molecular flexibility index (Phi) is 6.54. The number of benzene rings is 2. The average molecular weight is 393 g/mol. The molecule has 152 valence electrons. The summed E-state index contributed by atoms with van der Waals surface area (Å²) < 4.78 is 7.08. The molecule has 0 saturated carbocycles. The minimum absolute atomic E-state index is 0.0781. The van der Waals surface area contributed by atoms with Crippen LogP contribution in [0.3, 0.4) is 0 Å². The van der Waals surface area contributed by atoms with Gasteiger partial charge in [-0.25, -0.2) is 0 Å². The highest BCUT2D eigenvalue weighted by Crippen LogP contribution is 2.21. The van der Waals surface area contributed by atoms with Crippen molar-refractivity contribution in [3.63, 3.8) is 0 Å². The summed E-state index contributed by atoms with van der Waals surface area (Å²) in [6, 6.07) is 15.2. The number of nitrogens with zero attached hydrogens (tertiary/aromatic N) is 2. The zero-order valence-corrected chi connectivity index (χ0v) is 17.1. The Morgan fingerprint density at radius 3 is 2.41 bits per heavy atom. The molecular weight excluding hydrogens is 366 g/mol. The molecule has 29 heavy (non-hydrogen) atoms. The molecule has 0 bridgehead atoms. The van der Waals surface area contributed by atoms with Crippen LogP contribution in [-0.4, -0.2) is 41.5 Å². The van der Waals surface area contributed by atoms with Crippen molar-refractivity contribution in [2.75, 3.05) is 25.5 Å². The van der Waals surface area contributed by atoms with E-state index in [-0.39, 0.29) is 11.8 Å². The third-order valence-electron chi connectivity index (χ3n) is 5.00. The van der Waals surface area contributed by atoms with Gasteiger partial charge in [0.05, 0.1) is 13.5 Å². The predicted molar refractivity (Wildman–Crippen MR) is 115 cm³/mol. The zero-order chi connectivity index (χ0) is 20.8. The summed E-state index contributed by atoms with van der Waals surface area (Å²) in [4.78, 5) is 26.6. The molecule has 3 aromatic rings. The third-order valence-corrected chi connectivity index (χ3v) is 5.00. The van der Waals surface area contributed by atoms with Gasteiger partial charge in [0, 0.05) is 35.9 Å². The summed E-state index contributed by atoms with van der Waals surface area (Å²) in [5.41, 5.74) is 2.63. The number of carbonyl (C=O) groups excluding carboxylic acids is 2. The molecule has 0 atom stereocenters. The zero-order valence-electron chi connectivity index (χ0n) is 17.1. The molecule has 0 aliphatic rings. The molecule has 0 radical (unpaired) electrons. The Morgan fingerprint density at radius 2 is 1.76 bits per heavy atom. The monoisotopic (exact) mass is 393 g/mol. The normalized spacial score (nSPS) is 10.7. The van der Waals surface area contributed by atoms with Crippen molar-refractivity contribution in [1.29, 1.82) is 0 Å². The molecule has 6 nitrogen and oxygen atoms in total. The van der Waals surface area contributed by atoms with E-state index in [1.54, 1.807) is 7.11 Å². The molecule has 0 unspecified atom stereocenters. The number of fused-ring (bicyclic) bond motifs is 1. The lowest BCUT2D eigenvalue weighted by Gasteiger charge is -2.19. The molecule has 6 heteroatoms. The minimum atomic E-state index is -0.0781. The predicted octanol–water partition coefficient (Wildman–Crippen LogP) is 3.70. The van der Waals surface area contributed by atoms with Crippen LogP contribution in [0, 0.1) is 0 Å². The molecule has 2 amide bonds. The van der Waals surface area contributed by atoms with Crippen LogP contribution in [-0.2, 0) is 22.6 Å². The van der Waals surface area contributed by atoms with Crippen molar-refractivity contribution >= 4 is 28.4 Å². The van der Waals surface area contributed by atoms with Crippen molar-refractivity contribution in [1.82, 2.24) is 9.47 Å². The molecule has 0 spiro atoms. The van der Waals surface area contributed by atoms with E-state index in [9.17, 15) is 9.59 Å². The highest BCUT2D eigenvalue weighted by atomic mass is 16.5. The van der Waals surface area contributed by atoms with E-state index in [4.69, 9.17) is 4.74 Å². The summed E-state index contributed by atoms with van der Waals surface area (Å²) in [6.07, 6.45) is 2.20. The van der Waals surface area contributed by atoms with E-state index in [1.807, 2.05) is 78.0 Å². The molecule has 0 aliphatic heterocycles. The molecule has 1 heterocycles. The van der Waals surface area contributed by atoms with Gasteiger partial charge in [-0.1, -0.05) is 12.1 Å². The van der Waals surface area contributed by atoms with Crippen LogP contribution in [0.15, 0.2) is 54.7 Å². The van der Waals surface area contributed by atoms with Gasteiger partial charge in [0.2, 0.25) is 11.8 Å². The van der Waals surface area contributed by atoms with Gasteiger partial charge in [-0.15, -0.1) is 0 Å². The number of likely N-dealkylation sites (N-methyl/N-ethyl adjacent to an activating group) is 1. The van der Waals surface area contributed by atoms with Gasteiger partial charge < -0.3 is 19.5 Å². The Hall–Kier alpha value is -3.28. The van der Waals surface area contributed by atoms with Gasteiger partial charge in [-0.2, -0.15) is 0 Å². The van der Waals surface area contributed by atoms with Crippen LogP contribution >= 0.6 is 0 Å². The smallest absolute Gasteiger partial charge is 0.242 e. The first-order chi connectivity index (χ1) is 14.0. The summed E-state index contributed by atoms with van der Waals surface area (Å²) in [7, 11) is 1.62. The standard InChI is InChI=1S/C23H27N3O3/c1-4-25(5-2)23(28)16-26-13-12-18-15-19(8-11-21(18)26)24-22(27)14-17-6-9-20(29-3)10-7-17/h6-13,15H,4-5,14,16H2,1-3H3,(H,24,27). The number of hydrogen-bond acceptors (Lipinski definition) is 3. The first-order valence-corrected chi connectivity index (χ1v) is 9.83. The van der Waals surface area contributed by atoms with E-state index in [0.717, 1.165) is 27.9 Å². The first kappa shape index (κ1) is 20.5. The van der Waals surface area contributed by atoms with Crippen LogP contribution in [0.2, 0.25) is 0 Å². The van der Waals surface area contributed by atoms with Crippen molar-refractivity contribution in [3.05, 3.63) is 60.3 Å². The molecular formula is C23H27N3O3. The largest absolute Gasteiger partial charge is 0.497 e. The van der Waals surface area contributed by atoms with Crippen LogP contribution in [0.4, 0.5) is 5.69 Å². The van der Waals surface area contributed by atoms with E-state index in [2.05, 4.69) is 5.32 Å². The lowest BCUT2D eigenvalue weighted by molar-refractivity contribution is -0.131. The number of aromatic nitrogens is 1. The Morgan fingerprint density at radius 1 is 1.03 bits per heavy atom. The van der Waals surface area contributed by atoms with Gasteiger partial charge >= 0.3 is 0 Å². The van der Waals surface area contributed by atoms with Crippen LogP contribution in [0.25, 0.3) is 10.9 Å². The maximum atomic E-state index is 12.4. The number of carbonyl (C=O) groups is 2. The fourth-order valence-corrected chi connectivity index (χ4v) is 3.37. The number of hydrogen-bond donors (Lipinski definition) is 1. The molecule has 2 aromatic carbocycles. The summed E-state index contributed by atoms with van der Waals surface area (Å²) >= 11 is 0. The number of ether oxygens (including phenoxy) is 1. The molecule has 0 fully saturated rings. The highest BCUT2D eigenvalue weighted by Gasteiger charge is 2.12. The molecule has 0 saturated heterocycles. The van der Waals surface area contributed by atoms with E-state index >= 15 is 0 Å². The summed E-state index contributed by atoms with van der Waals surface area (Å²) in [6.45, 7) is 5.69. The van der Waals surface area contributed by atoms with Gasteiger partial charge in [-0.05, 0) is 55.8 Å². The number of amides is 2. The lowest BCUT2D eigenvalue weighted by Crippen LogP contribution is -2.33. The molecule has 1 N–H and O–H groups in total. The molecule has 1 aromatic heterocycles. The average Bonchev–Trinajstić information content (AvgIpc) is 3.11. The number of nitrogens with one attached hydrogen (secondary N) is 1. The number of methoxy groups -OCH3 is 1. The number of rotatable bonds is 8. The van der Waals surface area contributed by atoms with Crippen molar-refractivity contribution in [2.45, 2.75) is 26.8 Å². The number of anilines is 1. The van der Waals surface area contributed by atoms with Gasteiger partial charge in [0.15, 0.2) is 0 Å². The SMILES string of the molecule is CCN(CC)C(=O)Cn1ccc2cc(NC(=O)Cc3ccc(OC)cc3)ccc21. The van der Waals surface area contributed by atoms with Crippen LogP contribution in [0.1, 0.15) is 19.4 Å². The Labute approximate surface area is 171 Å². The second kappa shape index (κ2) is 9.28. The Balaban J connectivity index is 1.66. The first-order valence-electron chi connectivity index (χ1n) is 9.83. The maximum absolute atomic E-state index is 12.4. The van der Waals surface area contributed by atoms with Crippen LogP contribution in [0.5, 0.6) is 5.75 Å². The Bertz CT molecular complexity index is 988. The third kappa shape index (κ3) is 4.96. The minimum Gasteiger partial charge on any atom is -0.497 e. The van der Waals surface area contributed by atoms with Crippen LogP contribution < -0.4 is 10.1 Å². The van der Waals surface area contributed by atoms with Gasteiger partial charge in [0.1, 0.15) is 12.3 Å². The topological polar surface area (TPSA) is 63.6 Å². The molecule has 3 rings (SSSR count). The summed E-state index contributed by atoms with van der Waals surface area (Å²) in [5, 5.41) is 3.93. The molecule has 0 aliphatic carbocycles. The highest BCUT2D eigenvalue weighted by molar-refractivity contribution is 5.95. The lowest BCUT2D eigenvalue weighted by atomic mass is 10.1. The van der Waals surface area contributed by atoms with E-state index in [0.29, 0.717) is 26.1 Å². The van der Waals surface area contributed by atoms with E-state index < -0.39 is 0 Å². The van der Waals surface area contributed by atoms with Crippen molar-refractivity contribution in [2.24, 2.45) is 0 Å². The van der Waals surface area contributed by atoms with Crippen molar-refractivity contribution < 1.29 is 14.3 Å². The fourth-order valence-electron chi connectivity index (χ4n) is 3.37.